The zero-order valence-corrected chi connectivity index (χ0v) is 11.7. The van der Waals surface area contributed by atoms with Gasteiger partial charge in [-0.2, -0.15) is 0 Å². The van der Waals surface area contributed by atoms with Crippen LogP contribution in [0.3, 0.4) is 0 Å². The number of nitrogens with zero attached hydrogens (tertiary/aromatic N) is 2. The van der Waals surface area contributed by atoms with E-state index in [0.29, 0.717) is 6.04 Å². The normalized spacial score (nSPS) is 20.9. The summed E-state index contributed by atoms with van der Waals surface area (Å²) in [4.78, 5) is 6.78. The van der Waals surface area contributed by atoms with E-state index in [4.69, 9.17) is 16.3 Å². The van der Waals surface area contributed by atoms with E-state index in [9.17, 15) is 0 Å². The second-order valence-corrected chi connectivity index (χ2v) is 5.15. The molecule has 0 radical (unpaired) electrons. The molecule has 1 saturated heterocycles. The van der Waals surface area contributed by atoms with Gasteiger partial charge in [-0.3, -0.25) is 4.90 Å². The molecule has 1 atom stereocenters. The van der Waals surface area contributed by atoms with Gasteiger partial charge < -0.3 is 4.74 Å². The van der Waals surface area contributed by atoms with Gasteiger partial charge in [0.2, 0.25) is 5.88 Å². The number of aromatic nitrogens is 1. The van der Waals surface area contributed by atoms with E-state index in [2.05, 4.69) is 16.0 Å². The number of methoxy groups -OCH3 is 1. The standard InChI is InChI=1S/C14H21ClN2O/c1-18-14-12(5-4-9-16-14)11-17-10-3-2-6-13(17)7-8-15/h4-5,9,13H,2-3,6-8,10-11H2,1H3. The van der Waals surface area contributed by atoms with Crippen LogP contribution in [0, 0.1) is 0 Å². The van der Waals surface area contributed by atoms with Crippen molar-refractivity contribution in [2.24, 2.45) is 0 Å². The molecule has 0 N–H and O–H groups in total. The molecule has 0 saturated carbocycles. The highest BCUT2D eigenvalue weighted by molar-refractivity contribution is 6.17. The first-order valence-electron chi connectivity index (χ1n) is 6.63. The molecule has 1 unspecified atom stereocenters. The highest BCUT2D eigenvalue weighted by atomic mass is 35.5. The Bertz CT molecular complexity index is 371. The molecule has 0 amide bonds. The quantitative estimate of drug-likeness (QED) is 0.768. The summed E-state index contributed by atoms with van der Waals surface area (Å²) in [5.41, 5.74) is 1.17. The lowest BCUT2D eigenvalue weighted by Gasteiger charge is -2.35. The number of ether oxygens (including phenoxy) is 1. The van der Waals surface area contributed by atoms with E-state index in [0.717, 1.165) is 31.3 Å². The first kappa shape index (κ1) is 13.6. The van der Waals surface area contributed by atoms with Crippen LogP contribution in [0.4, 0.5) is 0 Å². The lowest BCUT2D eigenvalue weighted by molar-refractivity contribution is 0.135. The summed E-state index contributed by atoms with van der Waals surface area (Å²) in [6.45, 7) is 2.07. The van der Waals surface area contributed by atoms with E-state index in [1.165, 1.54) is 24.8 Å². The first-order valence-corrected chi connectivity index (χ1v) is 7.16. The Morgan fingerprint density at radius 2 is 2.39 bits per heavy atom. The molecule has 1 aliphatic heterocycles. The van der Waals surface area contributed by atoms with E-state index in [1.54, 1.807) is 13.3 Å². The Morgan fingerprint density at radius 1 is 1.50 bits per heavy atom. The van der Waals surface area contributed by atoms with Gasteiger partial charge in [0, 0.05) is 30.2 Å². The molecular formula is C14H21ClN2O. The number of hydrogen-bond donors (Lipinski definition) is 0. The average Bonchev–Trinajstić information content (AvgIpc) is 2.42. The van der Waals surface area contributed by atoms with Crippen LogP contribution in [0.1, 0.15) is 31.2 Å². The predicted molar refractivity (Wildman–Crippen MR) is 74.2 cm³/mol. The van der Waals surface area contributed by atoms with Crippen LogP contribution < -0.4 is 4.74 Å². The van der Waals surface area contributed by atoms with Crippen LogP contribution in [0.5, 0.6) is 5.88 Å². The van der Waals surface area contributed by atoms with Crippen LogP contribution in [0.2, 0.25) is 0 Å². The number of rotatable bonds is 5. The lowest BCUT2D eigenvalue weighted by Crippen LogP contribution is -2.39. The minimum atomic E-state index is 0.612. The maximum absolute atomic E-state index is 5.90. The van der Waals surface area contributed by atoms with Crippen LogP contribution >= 0.6 is 11.6 Å². The third-order valence-electron chi connectivity index (χ3n) is 3.61. The molecule has 0 aliphatic carbocycles. The van der Waals surface area contributed by atoms with Crippen molar-refractivity contribution in [3.05, 3.63) is 23.9 Å². The highest BCUT2D eigenvalue weighted by Crippen LogP contribution is 2.24. The molecule has 2 heterocycles. The number of halogens is 1. The largest absolute Gasteiger partial charge is 0.481 e. The van der Waals surface area contributed by atoms with Gasteiger partial charge in [-0.15, -0.1) is 11.6 Å². The molecular weight excluding hydrogens is 248 g/mol. The lowest BCUT2D eigenvalue weighted by atomic mass is 9.99. The van der Waals surface area contributed by atoms with Crippen molar-refractivity contribution >= 4 is 11.6 Å². The fourth-order valence-corrected chi connectivity index (χ4v) is 2.92. The van der Waals surface area contributed by atoms with Crippen molar-refractivity contribution in [2.75, 3.05) is 19.5 Å². The summed E-state index contributed by atoms with van der Waals surface area (Å²) in [6.07, 6.45) is 6.71. The van der Waals surface area contributed by atoms with Crippen LogP contribution in [0.25, 0.3) is 0 Å². The van der Waals surface area contributed by atoms with E-state index >= 15 is 0 Å². The Labute approximate surface area is 114 Å². The van der Waals surface area contributed by atoms with Gasteiger partial charge >= 0.3 is 0 Å². The van der Waals surface area contributed by atoms with Crippen molar-refractivity contribution in [1.29, 1.82) is 0 Å². The van der Waals surface area contributed by atoms with Crippen LogP contribution in [-0.2, 0) is 6.54 Å². The van der Waals surface area contributed by atoms with Crippen molar-refractivity contribution in [1.82, 2.24) is 9.88 Å². The molecule has 0 spiro atoms. The molecule has 1 aromatic heterocycles. The molecule has 1 aliphatic rings. The van der Waals surface area contributed by atoms with Gasteiger partial charge in [0.05, 0.1) is 7.11 Å². The van der Waals surface area contributed by atoms with Gasteiger partial charge in [-0.05, 0) is 31.9 Å². The molecule has 1 aromatic rings. The summed E-state index contributed by atoms with van der Waals surface area (Å²) in [5, 5.41) is 0. The summed E-state index contributed by atoms with van der Waals surface area (Å²) in [7, 11) is 1.68. The third kappa shape index (κ3) is 3.36. The fourth-order valence-electron chi connectivity index (χ4n) is 2.67. The van der Waals surface area contributed by atoms with Gasteiger partial charge in [0.25, 0.3) is 0 Å². The third-order valence-corrected chi connectivity index (χ3v) is 3.83. The molecule has 3 nitrogen and oxygen atoms in total. The Balaban J connectivity index is 2.05. The second kappa shape index (κ2) is 6.95. The number of pyridine rings is 1. The minimum Gasteiger partial charge on any atom is -0.481 e. The van der Waals surface area contributed by atoms with Gasteiger partial charge in [-0.25, -0.2) is 4.98 Å². The molecule has 4 heteroatoms. The van der Waals surface area contributed by atoms with Gasteiger partial charge in [0.1, 0.15) is 0 Å². The SMILES string of the molecule is COc1ncccc1CN1CCCCC1CCCl. The smallest absolute Gasteiger partial charge is 0.217 e. The summed E-state index contributed by atoms with van der Waals surface area (Å²) in [6, 6.07) is 4.68. The second-order valence-electron chi connectivity index (χ2n) is 4.77. The zero-order valence-electron chi connectivity index (χ0n) is 10.9. The molecule has 0 bridgehead atoms. The summed E-state index contributed by atoms with van der Waals surface area (Å²) >= 11 is 5.90. The highest BCUT2D eigenvalue weighted by Gasteiger charge is 2.22. The Kier molecular flexibility index (Phi) is 5.26. The minimum absolute atomic E-state index is 0.612. The molecule has 100 valence electrons. The van der Waals surface area contributed by atoms with Crippen molar-refractivity contribution < 1.29 is 4.74 Å². The molecule has 2 rings (SSSR count). The first-order chi connectivity index (χ1) is 8.85. The van der Waals surface area contributed by atoms with Gasteiger partial charge in [-0.1, -0.05) is 12.5 Å². The average molecular weight is 269 g/mol. The van der Waals surface area contributed by atoms with E-state index in [-0.39, 0.29) is 0 Å². The molecule has 0 aromatic carbocycles. The van der Waals surface area contributed by atoms with E-state index in [1.807, 2.05) is 6.07 Å². The van der Waals surface area contributed by atoms with Crippen LogP contribution in [0.15, 0.2) is 18.3 Å². The number of piperidine rings is 1. The number of hydrogen-bond acceptors (Lipinski definition) is 3. The van der Waals surface area contributed by atoms with Crippen molar-refractivity contribution in [2.45, 2.75) is 38.3 Å². The van der Waals surface area contributed by atoms with Crippen molar-refractivity contribution in [3.63, 3.8) is 0 Å². The van der Waals surface area contributed by atoms with E-state index < -0.39 is 0 Å². The predicted octanol–water partition coefficient (Wildman–Crippen LogP) is 3.07. The zero-order chi connectivity index (χ0) is 12.8. The van der Waals surface area contributed by atoms with Crippen LogP contribution in [-0.4, -0.2) is 35.5 Å². The van der Waals surface area contributed by atoms with Gasteiger partial charge in [0.15, 0.2) is 0 Å². The topological polar surface area (TPSA) is 25.4 Å². The summed E-state index contributed by atoms with van der Waals surface area (Å²) in [5.74, 6) is 1.48. The maximum atomic E-state index is 5.90. The number of likely N-dealkylation sites (tertiary alicyclic amines) is 1. The Morgan fingerprint density at radius 3 is 3.17 bits per heavy atom. The van der Waals surface area contributed by atoms with Crippen molar-refractivity contribution in [3.8, 4) is 5.88 Å². The maximum Gasteiger partial charge on any atom is 0.217 e. The summed E-state index contributed by atoms with van der Waals surface area (Å²) < 4.78 is 5.32. The monoisotopic (exact) mass is 268 g/mol. The molecule has 1 fully saturated rings. The number of alkyl halides is 1. The molecule has 18 heavy (non-hydrogen) atoms. The fraction of sp³-hybridized carbons (Fsp3) is 0.643. The Hall–Kier alpha value is -0.800.